The first kappa shape index (κ1) is 18.2. The maximum Gasteiger partial charge on any atom is 0.221 e. The van der Waals surface area contributed by atoms with Gasteiger partial charge in [0.2, 0.25) is 14.8 Å². The Labute approximate surface area is 139 Å². The zero-order chi connectivity index (χ0) is 17.1. The van der Waals surface area contributed by atoms with E-state index in [1.807, 2.05) is 20.8 Å². The van der Waals surface area contributed by atoms with E-state index < -0.39 is 27.0 Å². The van der Waals surface area contributed by atoms with Gasteiger partial charge in [-0.2, -0.15) is 0 Å². The van der Waals surface area contributed by atoms with Gasteiger partial charge in [-0.1, -0.05) is 50.5 Å². The van der Waals surface area contributed by atoms with Crippen molar-refractivity contribution >= 4 is 9.84 Å². The lowest BCUT2D eigenvalue weighted by molar-refractivity contribution is 0.124. The van der Waals surface area contributed by atoms with Gasteiger partial charge in [0.25, 0.3) is 0 Å². The Morgan fingerprint density at radius 1 is 1.30 bits per heavy atom. The Bertz CT molecular complexity index is 648. The van der Waals surface area contributed by atoms with Gasteiger partial charge in [0.05, 0.1) is 11.0 Å². The lowest BCUT2D eigenvalue weighted by Gasteiger charge is -2.13. The predicted molar refractivity (Wildman–Crippen MR) is 90.9 cm³/mol. The van der Waals surface area contributed by atoms with Crippen molar-refractivity contribution in [3.8, 4) is 0 Å². The number of sulfone groups is 1. The third-order valence-electron chi connectivity index (χ3n) is 4.19. The molecule has 1 fully saturated rings. The second kappa shape index (κ2) is 7.16. The van der Waals surface area contributed by atoms with Crippen molar-refractivity contribution in [2.75, 3.05) is 0 Å². The van der Waals surface area contributed by atoms with Crippen LogP contribution in [0.25, 0.3) is 0 Å². The molecular formula is C18H26O4S. The number of aryl methyl sites for hydroxylation is 1. The van der Waals surface area contributed by atoms with Crippen LogP contribution in [-0.4, -0.2) is 30.7 Å². The second-order valence-electron chi connectivity index (χ2n) is 6.10. The molecule has 3 atom stereocenters. The van der Waals surface area contributed by atoms with Gasteiger partial charge in [-0.25, -0.2) is 8.42 Å². The molecule has 1 saturated heterocycles. The molecule has 0 unspecified atom stereocenters. The van der Waals surface area contributed by atoms with E-state index >= 15 is 0 Å². The van der Waals surface area contributed by atoms with Gasteiger partial charge in [0.1, 0.15) is 6.10 Å². The number of epoxide rings is 1. The van der Waals surface area contributed by atoms with Crippen LogP contribution in [0, 0.1) is 6.92 Å². The molecule has 2 rings (SSSR count). The first-order valence-corrected chi connectivity index (χ1v) is 9.72. The molecule has 4 nitrogen and oxygen atoms in total. The van der Waals surface area contributed by atoms with Crippen molar-refractivity contribution in [2.24, 2.45) is 0 Å². The molecule has 0 saturated carbocycles. The molecule has 1 aromatic rings. The van der Waals surface area contributed by atoms with Gasteiger partial charge in [0.15, 0.2) is 0 Å². The maximum atomic E-state index is 13.0. The molecule has 0 amide bonds. The Hall–Kier alpha value is -1.17. The van der Waals surface area contributed by atoms with Crippen molar-refractivity contribution in [1.82, 2.24) is 0 Å². The van der Waals surface area contributed by atoms with E-state index in [0.717, 1.165) is 18.4 Å². The van der Waals surface area contributed by atoms with Gasteiger partial charge in [-0.15, -0.1) is 0 Å². The highest BCUT2D eigenvalue weighted by Crippen LogP contribution is 2.48. The topological polar surface area (TPSA) is 66.9 Å². The number of rotatable bonds is 8. The van der Waals surface area contributed by atoms with Gasteiger partial charge in [-0.05, 0) is 38.0 Å². The molecule has 23 heavy (non-hydrogen) atoms. The first-order valence-electron chi connectivity index (χ1n) is 8.24. The zero-order valence-electron chi connectivity index (χ0n) is 14.0. The molecule has 0 aromatic heterocycles. The highest BCUT2D eigenvalue weighted by Gasteiger charge is 2.67. The van der Waals surface area contributed by atoms with Crippen LogP contribution in [0.4, 0.5) is 0 Å². The Balaban J connectivity index is 2.33. The fraction of sp³-hybridized carbons (Fsp3) is 0.556. The fourth-order valence-corrected chi connectivity index (χ4v) is 4.53. The van der Waals surface area contributed by atoms with Crippen LogP contribution in [0.3, 0.4) is 0 Å². The molecule has 128 valence electrons. The Kier molecular flexibility index (Phi) is 5.65. The van der Waals surface area contributed by atoms with E-state index in [1.54, 1.807) is 36.4 Å². The Morgan fingerprint density at radius 2 is 1.96 bits per heavy atom. The highest BCUT2D eigenvalue weighted by atomic mass is 32.2. The molecule has 0 radical (unpaired) electrons. The van der Waals surface area contributed by atoms with Gasteiger partial charge >= 0.3 is 0 Å². The van der Waals surface area contributed by atoms with E-state index in [-0.39, 0.29) is 4.90 Å². The van der Waals surface area contributed by atoms with Crippen LogP contribution >= 0.6 is 0 Å². The summed E-state index contributed by atoms with van der Waals surface area (Å²) < 4.78 is 31.7. The molecule has 1 heterocycles. The highest BCUT2D eigenvalue weighted by molar-refractivity contribution is 7.93. The summed E-state index contributed by atoms with van der Waals surface area (Å²) in [5.74, 6) is 0. The lowest BCUT2D eigenvalue weighted by atomic mass is 10.1. The summed E-state index contributed by atoms with van der Waals surface area (Å²) in [6.45, 7) is 5.88. The number of hydrogen-bond acceptors (Lipinski definition) is 4. The van der Waals surface area contributed by atoms with Crippen molar-refractivity contribution in [2.45, 2.75) is 68.5 Å². The molecule has 1 N–H and O–H groups in total. The largest absolute Gasteiger partial charge is 0.390 e. The van der Waals surface area contributed by atoms with Crippen molar-refractivity contribution in [3.05, 3.63) is 42.0 Å². The minimum atomic E-state index is -3.70. The minimum absolute atomic E-state index is 0.231. The van der Waals surface area contributed by atoms with Crippen LogP contribution in [0.2, 0.25) is 0 Å². The van der Waals surface area contributed by atoms with Crippen LogP contribution in [0.1, 0.15) is 45.1 Å². The van der Waals surface area contributed by atoms with Crippen LogP contribution < -0.4 is 0 Å². The van der Waals surface area contributed by atoms with Crippen LogP contribution in [-0.2, 0) is 14.6 Å². The standard InChI is InChI=1S/C18H26O4S/c1-4-6-8-16(19)17-18(22-17,13-7-5-2)23(20,21)15-11-9-14(3)10-12-15/h7,9-13,16-17,19H,4-6,8H2,1-3H3/b13-7+/t16-,17+,18+/m0/s1. The average molecular weight is 338 g/mol. The van der Waals surface area contributed by atoms with Gasteiger partial charge in [0, 0.05) is 0 Å². The quantitative estimate of drug-likeness (QED) is 0.583. The molecular weight excluding hydrogens is 312 g/mol. The third-order valence-corrected chi connectivity index (χ3v) is 6.39. The summed E-state index contributed by atoms with van der Waals surface area (Å²) in [6.07, 6.45) is 4.99. The SMILES string of the molecule is CC/C=C/[C@]1(S(=O)(=O)c2ccc(C)cc2)O[C@@H]1[C@@H](O)CCCC. The predicted octanol–water partition coefficient (Wildman–Crippen LogP) is 3.38. The number of ether oxygens (including phenoxy) is 1. The molecule has 1 aliphatic heterocycles. The van der Waals surface area contributed by atoms with Gasteiger partial charge in [-0.3, -0.25) is 0 Å². The number of allylic oxidation sites excluding steroid dienone is 1. The number of benzene rings is 1. The first-order chi connectivity index (χ1) is 10.9. The van der Waals surface area contributed by atoms with E-state index in [4.69, 9.17) is 4.74 Å². The maximum absolute atomic E-state index is 13.0. The van der Waals surface area contributed by atoms with E-state index in [2.05, 4.69) is 0 Å². The monoisotopic (exact) mass is 338 g/mol. The van der Waals surface area contributed by atoms with Crippen LogP contribution in [0.5, 0.6) is 0 Å². The molecule has 5 heteroatoms. The molecule has 0 spiro atoms. The second-order valence-corrected chi connectivity index (χ2v) is 8.21. The summed E-state index contributed by atoms with van der Waals surface area (Å²) in [4.78, 5) is -1.19. The number of aliphatic hydroxyl groups excluding tert-OH is 1. The number of hydrogen-bond donors (Lipinski definition) is 1. The normalized spacial score (nSPS) is 25.7. The van der Waals surface area contributed by atoms with Crippen LogP contribution in [0.15, 0.2) is 41.3 Å². The van der Waals surface area contributed by atoms with E-state index in [1.165, 1.54) is 0 Å². The Morgan fingerprint density at radius 3 is 2.52 bits per heavy atom. The lowest BCUT2D eigenvalue weighted by Crippen LogP contribution is -2.31. The molecule has 1 aromatic carbocycles. The smallest absolute Gasteiger partial charge is 0.221 e. The summed E-state index contributed by atoms with van der Waals surface area (Å²) in [7, 11) is -3.70. The molecule has 0 bridgehead atoms. The zero-order valence-corrected chi connectivity index (χ0v) is 14.8. The average Bonchev–Trinajstić information content (AvgIpc) is 3.27. The van der Waals surface area contributed by atoms with Gasteiger partial charge < -0.3 is 9.84 Å². The molecule has 0 aliphatic carbocycles. The summed E-state index contributed by atoms with van der Waals surface area (Å²) in [5.41, 5.74) is 0.998. The summed E-state index contributed by atoms with van der Waals surface area (Å²) >= 11 is 0. The fourth-order valence-electron chi connectivity index (χ4n) is 2.70. The third kappa shape index (κ3) is 3.52. The minimum Gasteiger partial charge on any atom is -0.390 e. The summed E-state index contributed by atoms with van der Waals surface area (Å²) in [6, 6.07) is 6.75. The van der Waals surface area contributed by atoms with Crippen molar-refractivity contribution in [1.29, 1.82) is 0 Å². The molecule has 1 aliphatic rings. The van der Waals surface area contributed by atoms with E-state index in [9.17, 15) is 13.5 Å². The van der Waals surface area contributed by atoms with Crippen molar-refractivity contribution < 1.29 is 18.3 Å². The number of aliphatic hydroxyl groups is 1. The van der Waals surface area contributed by atoms with Crippen molar-refractivity contribution in [3.63, 3.8) is 0 Å². The van der Waals surface area contributed by atoms with E-state index in [0.29, 0.717) is 12.8 Å². The summed E-state index contributed by atoms with van der Waals surface area (Å²) in [5, 5.41) is 10.3. The number of unbranched alkanes of at least 4 members (excludes halogenated alkanes) is 1.